The zero-order valence-electron chi connectivity index (χ0n) is 10.2. The van der Waals surface area contributed by atoms with E-state index in [0.717, 1.165) is 5.82 Å². The summed E-state index contributed by atoms with van der Waals surface area (Å²) in [6.45, 7) is 0.793. The average Bonchev–Trinajstić information content (AvgIpc) is 2.73. The number of carbonyl (C=O) groups is 2. The first-order valence-electron chi connectivity index (χ1n) is 5.91. The topological polar surface area (TPSA) is 88.3 Å². The number of likely N-dealkylation sites (tertiary alicyclic amines) is 1. The maximum absolute atomic E-state index is 11.7. The molecule has 0 bridgehead atoms. The van der Waals surface area contributed by atoms with Crippen molar-refractivity contribution in [3.63, 3.8) is 0 Å². The first-order chi connectivity index (χ1) is 8.58. The Labute approximate surface area is 104 Å². The lowest BCUT2D eigenvalue weighted by atomic mass is 9.97. The van der Waals surface area contributed by atoms with Gasteiger partial charge in [-0.25, -0.2) is 0 Å². The molecule has 98 valence electrons. The van der Waals surface area contributed by atoms with Crippen molar-refractivity contribution in [3.8, 4) is 0 Å². The third-order valence-electron chi connectivity index (χ3n) is 3.26. The molecule has 1 aliphatic rings. The minimum Gasteiger partial charge on any atom is -0.481 e. The van der Waals surface area contributed by atoms with E-state index < -0.39 is 11.9 Å². The van der Waals surface area contributed by atoms with Gasteiger partial charge in [-0.1, -0.05) is 0 Å². The molecule has 7 heteroatoms. The molecule has 1 aromatic heterocycles. The van der Waals surface area contributed by atoms with Crippen molar-refractivity contribution < 1.29 is 14.7 Å². The van der Waals surface area contributed by atoms with E-state index >= 15 is 0 Å². The van der Waals surface area contributed by atoms with E-state index in [9.17, 15) is 9.59 Å². The van der Waals surface area contributed by atoms with Crippen molar-refractivity contribution in [1.29, 1.82) is 0 Å². The highest BCUT2D eigenvalue weighted by Crippen LogP contribution is 2.17. The number of hydrogen-bond donors (Lipinski definition) is 1. The van der Waals surface area contributed by atoms with Gasteiger partial charge in [0.05, 0.1) is 5.92 Å². The Morgan fingerprint density at radius 1 is 1.61 bits per heavy atom. The molecule has 1 N–H and O–H groups in total. The van der Waals surface area contributed by atoms with Gasteiger partial charge in [-0.3, -0.25) is 9.59 Å². The zero-order chi connectivity index (χ0) is 13.1. The first-order valence-corrected chi connectivity index (χ1v) is 5.91. The van der Waals surface area contributed by atoms with E-state index in [-0.39, 0.29) is 5.91 Å². The van der Waals surface area contributed by atoms with Gasteiger partial charge in [-0.2, -0.15) is 0 Å². The largest absolute Gasteiger partial charge is 0.481 e. The highest BCUT2D eigenvalue weighted by atomic mass is 16.4. The molecule has 18 heavy (non-hydrogen) atoms. The number of aliphatic carboxylic acids is 1. The zero-order valence-corrected chi connectivity index (χ0v) is 10.2. The standard InChI is InChI=1S/C11H16N4O3/c1-14-7-12-13-9(14)4-5-15-6-8(11(17)18)2-3-10(15)16/h7-8H,2-6H2,1H3,(H,17,18). The maximum Gasteiger partial charge on any atom is 0.308 e. The van der Waals surface area contributed by atoms with Crippen molar-refractivity contribution in [2.24, 2.45) is 13.0 Å². The van der Waals surface area contributed by atoms with Crippen LogP contribution in [0.25, 0.3) is 0 Å². The molecule has 0 aromatic carbocycles. The van der Waals surface area contributed by atoms with E-state index in [1.54, 1.807) is 15.8 Å². The number of carboxylic acid groups (broad SMARTS) is 1. The van der Waals surface area contributed by atoms with E-state index in [1.807, 2.05) is 7.05 Å². The van der Waals surface area contributed by atoms with Crippen LogP contribution in [0.1, 0.15) is 18.7 Å². The van der Waals surface area contributed by atoms with E-state index in [2.05, 4.69) is 10.2 Å². The number of aromatic nitrogens is 3. The minimum absolute atomic E-state index is 0.0228. The smallest absolute Gasteiger partial charge is 0.308 e. The minimum atomic E-state index is -0.828. The maximum atomic E-state index is 11.7. The number of hydrogen-bond acceptors (Lipinski definition) is 4. The molecule has 1 atom stereocenters. The summed E-state index contributed by atoms with van der Waals surface area (Å²) in [5, 5.41) is 16.7. The van der Waals surface area contributed by atoms with Crippen LogP contribution in [0.4, 0.5) is 0 Å². The Kier molecular flexibility index (Phi) is 3.59. The van der Waals surface area contributed by atoms with Gasteiger partial charge in [0.15, 0.2) is 0 Å². The average molecular weight is 252 g/mol. The SMILES string of the molecule is Cn1cnnc1CCN1CC(C(=O)O)CCC1=O. The molecule has 0 aliphatic carbocycles. The summed E-state index contributed by atoms with van der Waals surface area (Å²) in [7, 11) is 1.84. The van der Waals surface area contributed by atoms with Crippen molar-refractivity contribution in [2.75, 3.05) is 13.1 Å². The normalized spacial score (nSPS) is 20.2. The molecule has 1 aliphatic heterocycles. The number of amides is 1. The summed E-state index contributed by atoms with van der Waals surface area (Å²) in [5.74, 6) is -0.455. The summed E-state index contributed by atoms with van der Waals surface area (Å²) in [6.07, 6.45) is 2.95. The Balaban J connectivity index is 1.93. The lowest BCUT2D eigenvalue weighted by Gasteiger charge is -2.30. The molecule has 0 saturated carbocycles. The number of piperidine rings is 1. The van der Waals surface area contributed by atoms with Crippen LogP contribution in [-0.4, -0.2) is 49.7 Å². The molecule has 1 unspecified atom stereocenters. The van der Waals surface area contributed by atoms with Crippen LogP contribution in [0.3, 0.4) is 0 Å². The van der Waals surface area contributed by atoms with Crippen molar-refractivity contribution >= 4 is 11.9 Å². The summed E-state index contributed by atoms with van der Waals surface area (Å²) in [4.78, 5) is 24.2. The van der Waals surface area contributed by atoms with E-state index in [4.69, 9.17) is 5.11 Å². The number of nitrogens with zero attached hydrogens (tertiary/aromatic N) is 4. The number of rotatable bonds is 4. The molecule has 1 aromatic rings. The molecule has 0 spiro atoms. The second kappa shape index (κ2) is 5.16. The summed E-state index contributed by atoms with van der Waals surface area (Å²) in [6, 6.07) is 0. The van der Waals surface area contributed by atoms with Crippen molar-refractivity contribution in [1.82, 2.24) is 19.7 Å². The third kappa shape index (κ3) is 2.66. The highest BCUT2D eigenvalue weighted by molar-refractivity contribution is 5.80. The Morgan fingerprint density at radius 2 is 2.39 bits per heavy atom. The van der Waals surface area contributed by atoms with Crippen LogP contribution in [0.5, 0.6) is 0 Å². The van der Waals surface area contributed by atoms with Gasteiger partial charge in [0, 0.05) is 33.0 Å². The van der Waals surface area contributed by atoms with Crippen LogP contribution >= 0.6 is 0 Å². The Hall–Kier alpha value is -1.92. The Bertz CT molecular complexity index is 457. The van der Waals surface area contributed by atoms with Gasteiger partial charge in [-0.05, 0) is 6.42 Å². The van der Waals surface area contributed by atoms with Gasteiger partial charge >= 0.3 is 5.97 Å². The second-order valence-electron chi connectivity index (χ2n) is 4.52. The molecule has 2 rings (SSSR count). The molecule has 1 saturated heterocycles. The predicted molar refractivity (Wildman–Crippen MR) is 61.6 cm³/mol. The molecule has 7 nitrogen and oxygen atoms in total. The van der Waals surface area contributed by atoms with Crippen LogP contribution < -0.4 is 0 Å². The van der Waals surface area contributed by atoms with Crippen molar-refractivity contribution in [3.05, 3.63) is 12.2 Å². The highest BCUT2D eigenvalue weighted by Gasteiger charge is 2.29. The summed E-state index contributed by atoms with van der Waals surface area (Å²) in [5.41, 5.74) is 0. The monoisotopic (exact) mass is 252 g/mol. The molecule has 1 amide bonds. The molecular formula is C11H16N4O3. The Morgan fingerprint density at radius 3 is 3.00 bits per heavy atom. The molecule has 2 heterocycles. The summed E-state index contributed by atoms with van der Waals surface area (Å²) < 4.78 is 1.79. The van der Waals surface area contributed by atoms with Crippen molar-refractivity contribution in [2.45, 2.75) is 19.3 Å². The third-order valence-corrected chi connectivity index (χ3v) is 3.26. The van der Waals surface area contributed by atoms with Gasteiger partial charge < -0.3 is 14.6 Å². The fourth-order valence-electron chi connectivity index (χ4n) is 2.10. The number of carboxylic acids is 1. The lowest BCUT2D eigenvalue weighted by Crippen LogP contribution is -2.43. The lowest BCUT2D eigenvalue weighted by molar-refractivity contribution is -0.147. The van der Waals surface area contributed by atoms with Crippen LogP contribution in [0.2, 0.25) is 0 Å². The number of carbonyl (C=O) groups excluding carboxylic acids is 1. The fourth-order valence-corrected chi connectivity index (χ4v) is 2.10. The fraction of sp³-hybridized carbons (Fsp3) is 0.636. The molecular weight excluding hydrogens is 236 g/mol. The van der Waals surface area contributed by atoms with E-state index in [0.29, 0.717) is 32.4 Å². The predicted octanol–water partition coefficient (Wildman–Crippen LogP) is -0.319. The molecule has 0 radical (unpaired) electrons. The van der Waals surface area contributed by atoms with Gasteiger partial charge in [0.2, 0.25) is 5.91 Å². The van der Waals surface area contributed by atoms with Gasteiger partial charge in [-0.15, -0.1) is 10.2 Å². The second-order valence-corrected chi connectivity index (χ2v) is 4.52. The number of aryl methyl sites for hydroxylation is 1. The van der Waals surface area contributed by atoms with Gasteiger partial charge in [0.1, 0.15) is 12.2 Å². The van der Waals surface area contributed by atoms with Crippen LogP contribution in [0, 0.1) is 5.92 Å². The molecule has 1 fully saturated rings. The quantitative estimate of drug-likeness (QED) is 0.793. The summed E-state index contributed by atoms with van der Waals surface area (Å²) >= 11 is 0. The van der Waals surface area contributed by atoms with E-state index in [1.165, 1.54) is 0 Å². The first kappa shape index (κ1) is 12.5. The van der Waals surface area contributed by atoms with Gasteiger partial charge in [0.25, 0.3) is 0 Å². The van der Waals surface area contributed by atoms with Crippen LogP contribution in [0.15, 0.2) is 6.33 Å². The van der Waals surface area contributed by atoms with Crippen LogP contribution in [-0.2, 0) is 23.1 Å².